The van der Waals surface area contributed by atoms with Gasteiger partial charge in [0.25, 0.3) is 0 Å². The molecule has 1 aliphatic carbocycles. The second kappa shape index (κ2) is 4.00. The lowest BCUT2D eigenvalue weighted by molar-refractivity contribution is 0.230. The molecule has 1 saturated carbocycles. The van der Waals surface area contributed by atoms with Crippen molar-refractivity contribution in [2.75, 3.05) is 6.54 Å². The summed E-state index contributed by atoms with van der Waals surface area (Å²) in [5.41, 5.74) is 0. The molecule has 3 unspecified atom stereocenters. The van der Waals surface area contributed by atoms with E-state index < -0.39 is 0 Å². The van der Waals surface area contributed by atoms with E-state index in [0.29, 0.717) is 0 Å². The number of hydrogen-bond acceptors (Lipinski definition) is 1. The summed E-state index contributed by atoms with van der Waals surface area (Å²) in [6.07, 6.45) is 7.49. The maximum atomic E-state index is 3.63. The Bertz CT molecular complexity index is 163. The van der Waals surface area contributed by atoms with Crippen LogP contribution in [0.15, 0.2) is 0 Å². The highest BCUT2D eigenvalue weighted by Gasteiger charge is 2.26. The van der Waals surface area contributed by atoms with Crippen molar-refractivity contribution < 1.29 is 0 Å². The maximum Gasteiger partial charge on any atom is 0.00645 e. The standard InChI is InChI=1S/C12H23N/c1-9-7-12(8-13-10(9)2)6-5-11-3-4-11/h9-13H,3-8H2,1-2H3. The van der Waals surface area contributed by atoms with E-state index >= 15 is 0 Å². The van der Waals surface area contributed by atoms with Gasteiger partial charge in [-0.1, -0.05) is 26.2 Å². The lowest BCUT2D eigenvalue weighted by atomic mass is 9.84. The largest absolute Gasteiger partial charge is 0.314 e. The Hall–Kier alpha value is -0.0400. The van der Waals surface area contributed by atoms with Crippen molar-refractivity contribution in [3.63, 3.8) is 0 Å². The molecule has 1 saturated heterocycles. The molecule has 1 nitrogen and oxygen atoms in total. The smallest absolute Gasteiger partial charge is 0.00645 e. The van der Waals surface area contributed by atoms with E-state index in [9.17, 15) is 0 Å². The van der Waals surface area contributed by atoms with Crippen LogP contribution < -0.4 is 5.32 Å². The summed E-state index contributed by atoms with van der Waals surface area (Å²) < 4.78 is 0. The first-order valence-electron chi connectivity index (χ1n) is 5.99. The van der Waals surface area contributed by atoms with Gasteiger partial charge in [0.05, 0.1) is 0 Å². The molecule has 2 rings (SSSR count). The van der Waals surface area contributed by atoms with Crippen LogP contribution in [0.4, 0.5) is 0 Å². The average molecular weight is 181 g/mol. The molecule has 0 radical (unpaired) electrons. The van der Waals surface area contributed by atoms with Crippen molar-refractivity contribution >= 4 is 0 Å². The zero-order chi connectivity index (χ0) is 9.26. The number of piperidine rings is 1. The molecular weight excluding hydrogens is 158 g/mol. The lowest BCUT2D eigenvalue weighted by Crippen LogP contribution is -2.42. The molecule has 0 amide bonds. The van der Waals surface area contributed by atoms with Gasteiger partial charge in [0, 0.05) is 6.04 Å². The van der Waals surface area contributed by atoms with Crippen LogP contribution in [0.3, 0.4) is 0 Å². The minimum atomic E-state index is 0.747. The SMILES string of the molecule is CC1CC(CCC2CC2)CNC1C. The molecule has 1 heterocycles. The molecule has 1 heteroatoms. The molecule has 1 N–H and O–H groups in total. The van der Waals surface area contributed by atoms with Crippen LogP contribution in [0.2, 0.25) is 0 Å². The maximum absolute atomic E-state index is 3.63. The van der Waals surface area contributed by atoms with Crippen molar-refractivity contribution in [2.45, 2.75) is 52.0 Å². The van der Waals surface area contributed by atoms with Gasteiger partial charge < -0.3 is 5.32 Å². The van der Waals surface area contributed by atoms with E-state index in [1.165, 1.54) is 38.6 Å². The van der Waals surface area contributed by atoms with Crippen LogP contribution in [0.25, 0.3) is 0 Å². The van der Waals surface area contributed by atoms with Crippen molar-refractivity contribution in [3.8, 4) is 0 Å². The minimum Gasteiger partial charge on any atom is -0.314 e. The predicted octanol–water partition coefficient (Wildman–Crippen LogP) is 2.81. The zero-order valence-corrected chi connectivity index (χ0v) is 9.05. The molecule has 13 heavy (non-hydrogen) atoms. The van der Waals surface area contributed by atoms with Crippen LogP contribution in [-0.2, 0) is 0 Å². The van der Waals surface area contributed by atoms with Crippen LogP contribution >= 0.6 is 0 Å². The minimum absolute atomic E-state index is 0.747. The normalized spacial score (nSPS) is 40.6. The molecule has 2 fully saturated rings. The fourth-order valence-corrected chi connectivity index (χ4v) is 2.46. The van der Waals surface area contributed by atoms with E-state index in [2.05, 4.69) is 19.2 Å². The highest BCUT2D eigenvalue weighted by molar-refractivity contribution is 4.82. The summed E-state index contributed by atoms with van der Waals surface area (Å²) in [6.45, 7) is 5.99. The Labute approximate surface area is 82.3 Å². The van der Waals surface area contributed by atoms with E-state index in [1.807, 2.05) is 0 Å². The Morgan fingerprint density at radius 1 is 1.08 bits per heavy atom. The van der Waals surface area contributed by atoms with Gasteiger partial charge in [-0.05, 0) is 44.1 Å². The molecule has 0 aromatic rings. The van der Waals surface area contributed by atoms with Crippen molar-refractivity contribution in [1.82, 2.24) is 5.32 Å². The van der Waals surface area contributed by atoms with Crippen LogP contribution in [-0.4, -0.2) is 12.6 Å². The molecule has 0 aromatic carbocycles. The summed E-state index contributed by atoms with van der Waals surface area (Å²) in [5, 5.41) is 3.63. The summed E-state index contributed by atoms with van der Waals surface area (Å²) in [7, 11) is 0. The third-order valence-corrected chi connectivity index (χ3v) is 3.97. The fraction of sp³-hybridized carbons (Fsp3) is 1.00. The summed E-state index contributed by atoms with van der Waals surface area (Å²) >= 11 is 0. The third kappa shape index (κ3) is 2.70. The summed E-state index contributed by atoms with van der Waals surface area (Å²) in [6, 6.07) is 0.747. The van der Waals surface area contributed by atoms with Gasteiger partial charge in [0.15, 0.2) is 0 Å². The highest BCUT2D eigenvalue weighted by atomic mass is 14.9. The van der Waals surface area contributed by atoms with Gasteiger partial charge in [-0.15, -0.1) is 0 Å². The van der Waals surface area contributed by atoms with E-state index in [0.717, 1.165) is 23.8 Å². The molecule has 0 aromatic heterocycles. The Kier molecular flexibility index (Phi) is 2.92. The van der Waals surface area contributed by atoms with Crippen molar-refractivity contribution in [1.29, 1.82) is 0 Å². The van der Waals surface area contributed by atoms with E-state index in [4.69, 9.17) is 0 Å². The summed E-state index contributed by atoms with van der Waals surface area (Å²) in [4.78, 5) is 0. The Morgan fingerprint density at radius 2 is 1.77 bits per heavy atom. The first kappa shape index (κ1) is 9.51. The van der Waals surface area contributed by atoms with Crippen LogP contribution in [0.5, 0.6) is 0 Å². The van der Waals surface area contributed by atoms with Gasteiger partial charge >= 0.3 is 0 Å². The topological polar surface area (TPSA) is 12.0 Å². The number of hydrogen-bond donors (Lipinski definition) is 1. The average Bonchev–Trinajstić information content (AvgIpc) is 2.91. The monoisotopic (exact) mass is 181 g/mol. The van der Waals surface area contributed by atoms with Gasteiger partial charge in [-0.25, -0.2) is 0 Å². The molecule has 3 atom stereocenters. The lowest BCUT2D eigenvalue weighted by Gasteiger charge is -2.33. The molecule has 0 spiro atoms. The second-order valence-corrected chi connectivity index (χ2v) is 5.30. The first-order valence-corrected chi connectivity index (χ1v) is 5.99. The summed E-state index contributed by atoms with van der Waals surface area (Å²) in [5.74, 6) is 2.99. The molecule has 0 bridgehead atoms. The molecular formula is C12H23N. The fourth-order valence-electron chi connectivity index (χ4n) is 2.46. The second-order valence-electron chi connectivity index (χ2n) is 5.30. The zero-order valence-electron chi connectivity index (χ0n) is 9.05. The predicted molar refractivity (Wildman–Crippen MR) is 56.7 cm³/mol. The molecule has 1 aliphatic heterocycles. The quantitative estimate of drug-likeness (QED) is 0.706. The molecule has 76 valence electrons. The number of nitrogens with one attached hydrogen (secondary N) is 1. The Morgan fingerprint density at radius 3 is 2.38 bits per heavy atom. The van der Waals surface area contributed by atoms with Gasteiger partial charge in [0.2, 0.25) is 0 Å². The first-order chi connectivity index (χ1) is 6.25. The number of rotatable bonds is 3. The van der Waals surface area contributed by atoms with Crippen molar-refractivity contribution in [2.24, 2.45) is 17.8 Å². The highest BCUT2D eigenvalue weighted by Crippen LogP contribution is 2.36. The third-order valence-electron chi connectivity index (χ3n) is 3.97. The van der Waals surface area contributed by atoms with Crippen LogP contribution in [0, 0.1) is 17.8 Å². The van der Waals surface area contributed by atoms with Crippen LogP contribution in [0.1, 0.15) is 46.0 Å². The van der Waals surface area contributed by atoms with E-state index in [1.54, 1.807) is 0 Å². The van der Waals surface area contributed by atoms with Gasteiger partial charge in [-0.3, -0.25) is 0 Å². The Balaban J connectivity index is 1.68. The van der Waals surface area contributed by atoms with Gasteiger partial charge in [0.1, 0.15) is 0 Å². The van der Waals surface area contributed by atoms with E-state index in [-0.39, 0.29) is 0 Å². The van der Waals surface area contributed by atoms with Gasteiger partial charge in [-0.2, -0.15) is 0 Å². The molecule has 2 aliphatic rings. The van der Waals surface area contributed by atoms with Crippen molar-refractivity contribution in [3.05, 3.63) is 0 Å².